The Morgan fingerprint density at radius 3 is 2.57 bits per heavy atom. The highest BCUT2D eigenvalue weighted by atomic mass is 16.2. The number of amides is 2. The topological polar surface area (TPSA) is 108 Å². The van der Waals surface area contributed by atoms with Crippen LogP contribution in [0.4, 0.5) is 10.7 Å². The summed E-state index contributed by atoms with van der Waals surface area (Å²) in [6.45, 7) is 6.62. The SMILES string of the molecule is CCNC(=O)Nc1nc2cc(-c3ccc(C(C)C)nc3)cc(-c3ncccn3)c2[nH]1. The number of imidazole rings is 1. The average Bonchev–Trinajstić information content (AvgIpc) is 3.16. The van der Waals surface area contributed by atoms with Crippen LogP contribution >= 0.6 is 0 Å². The molecule has 152 valence electrons. The smallest absolute Gasteiger partial charge is 0.321 e. The number of H-pyrrole nitrogens is 1. The molecule has 0 aliphatic heterocycles. The largest absolute Gasteiger partial charge is 0.338 e. The number of fused-ring (bicyclic) bond motifs is 1. The molecule has 3 aromatic heterocycles. The fourth-order valence-electron chi connectivity index (χ4n) is 3.18. The molecule has 30 heavy (non-hydrogen) atoms. The van der Waals surface area contributed by atoms with Crippen LogP contribution in [0.15, 0.2) is 48.9 Å². The van der Waals surface area contributed by atoms with Gasteiger partial charge in [0.15, 0.2) is 5.82 Å². The predicted molar refractivity (Wildman–Crippen MR) is 117 cm³/mol. The van der Waals surface area contributed by atoms with E-state index in [1.807, 2.05) is 31.3 Å². The Morgan fingerprint density at radius 2 is 1.90 bits per heavy atom. The molecule has 0 radical (unpaired) electrons. The second kappa shape index (κ2) is 8.28. The lowest BCUT2D eigenvalue weighted by Crippen LogP contribution is -2.28. The molecule has 2 amide bonds. The number of nitrogens with zero attached hydrogens (tertiary/aromatic N) is 4. The van der Waals surface area contributed by atoms with Gasteiger partial charge in [0.25, 0.3) is 0 Å². The normalized spacial score (nSPS) is 11.1. The Hall–Kier alpha value is -3.81. The number of carbonyl (C=O) groups excluding carboxylic acids is 1. The molecule has 0 unspecified atom stereocenters. The van der Waals surface area contributed by atoms with Crippen molar-refractivity contribution in [2.24, 2.45) is 0 Å². The van der Waals surface area contributed by atoms with Gasteiger partial charge in [0.2, 0.25) is 5.95 Å². The minimum atomic E-state index is -0.317. The highest BCUT2D eigenvalue weighted by molar-refractivity contribution is 5.97. The monoisotopic (exact) mass is 401 g/mol. The first-order valence-electron chi connectivity index (χ1n) is 9.87. The maximum Gasteiger partial charge on any atom is 0.321 e. The van der Waals surface area contributed by atoms with Crippen LogP contribution in [-0.4, -0.2) is 37.5 Å². The van der Waals surface area contributed by atoms with Crippen molar-refractivity contribution in [1.29, 1.82) is 0 Å². The van der Waals surface area contributed by atoms with Crippen LogP contribution in [0.25, 0.3) is 33.5 Å². The molecule has 8 nitrogen and oxygen atoms in total. The van der Waals surface area contributed by atoms with Gasteiger partial charge in [-0.25, -0.2) is 19.7 Å². The predicted octanol–water partition coefficient (Wildman–Crippen LogP) is 4.35. The standard InChI is InChI=1S/C22H23N7O/c1-4-23-22(30)29-21-27-18-11-15(14-6-7-17(13(2)3)26-12-14)10-16(19(18)28-21)20-24-8-5-9-25-20/h5-13H,4H2,1-3H3,(H3,23,27,28,29,30). The number of rotatable bonds is 5. The number of urea groups is 1. The third-order valence-corrected chi connectivity index (χ3v) is 4.68. The van der Waals surface area contributed by atoms with E-state index in [0.29, 0.717) is 29.8 Å². The molecule has 4 rings (SSSR count). The highest BCUT2D eigenvalue weighted by Gasteiger charge is 2.15. The summed E-state index contributed by atoms with van der Waals surface area (Å²) < 4.78 is 0. The van der Waals surface area contributed by atoms with Crippen molar-refractivity contribution >= 4 is 23.0 Å². The molecule has 3 heterocycles. The molecule has 4 aromatic rings. The molecule has 3 N–H and O–H groups in total. The van der Waals surface area contributed by atoms with Gasteiger partial charge < -0.3 is 10.3 Å². The quantitative estimate of drug-likeness (QED) is 0.461. The first kappa shape index (κ1) is 19.5. The summed E-state index contributed by atoms with van der Waals surface area (Å²) in [4.78, 5) is 33.0. The van der Waals surface area contributed by atoms with Crippen molar-refractivity contribution in [3.8, 4) is 22.5 Å². The van der Waals surface area contributed by atoms with E-state index in [2.05, 4.69) is 55.5 Å². The Kier molecular flexibility index (Phi) is 5.38. The summed E-state index contributed by atoms with van der Waals surface area (Å²) >= 11 is 0. The number of hydrogen-bond acceptors (Lipinski definition) is 5. The molecular formula is C22H23N7O. The van der Waals surface area contributed by atoms with Crippen LogP contribution in [0.2, 0.25) is 0 Å². The van der Waals surface area contributed by atoms with Gasteiger partial charge in [-0.1, -0.05) is 19.9 Å². The van der Waals surface area contributed by atoms with Crippen molar-refractivity contribution < 1.29 is 4.79 Å². The highest BCUT2D eigenvalue weighted by Crippen LogP contribution is 2.32. The Bertz CT molecular complexity index is 1170. The molecule has 0 saturated carbocycles. The summed E-state index contributed by atoms with van der Waals surface area (Å²) in [6.07, 6.45) is 5.26. The number of hydrogen-bond donors (Lipinski definition) is 3. The van der Waals surface area contributed by atoms with Crippen molar-refractivity contribution in [2.75, 3.05) is 11.9 Å². The third kappa shape index (κ3) is 3.98. The van der Waals surface area contributed by atoms with Crippen LogP contribution < -0.4 is 10.6 Å². The van der Waals surface area contributed by atoms with Crippen LogP contribution in [0.1, 0.15) is 32.4 Å². The van der Waals surface area contributed by atoms with Crippen molar-refractivity contribution in [3.05, 3.63) is 54.6 Å². The Labute approximate surface area is 174 Å². The van der Waals surface area contributed by atoms with Crippen molar-refractivity contribution in [2.45, 2.75) is 26.7 Å². The van der Waals surface area contributed by atoms with Gasteiger partial charge in [-0.15, -0.1) is 0 Å². The van der Waals surface area contributed by atoms with Gasteiger partial charge in [-0.05, 0) is 42.7 Å². The molecule has 0 saturated heterocycles. The number of aromatic nitrogens is 5. The molecule has 0 atom stereocenters. The summed E-state index contributed by atoms with van der Waals surface area (Å²) in [7, 11) is 0. The molecule has 0 spiro atoms. The molecule has 0 aliphatic carbocycles. The van der Waals surface area contributed by atoms with E-state index in [1.54, 1.807) is 18.5 Å². The van der Waals surface area contributed by atoms with Gasteiger partial charge in [0.05, 0.1) is 11.0 Å². The van der Waals surface area contributed by atoms with Gasteiger partial charge in [-0.2, -0.15) is 0 Å². The first-order valence-corrected chi connectivity index (χ1v) is 9.87. The lowest BCUT2D eigenvalue weighted by Gasteiger charge is -2.08. The Balaban J connectivity index is 1.82. The molecule has 0 bridgehead atoms. The maximum absolute atomic E-state index is 11.9. The number of aromatic amines is 1. The molecule has 0 aliphatic rings. The molecule has 1 aromatic carbocycles. The van der Waals surface area contributed by atoms with Gasteiger partial charge in [0, 0.05) is 42.0 Å². The van der Waals surface area contributed by atoms with Crippen LogP contribution in [-0.2, 0) is 0 Å². The van der Waals surface area contributed by atoms with E-state index in [4.69, 9.17) is 0 Å². The maximum atomic E-state index is 11.9. The number of pyridine rings is 1. The number of benzene rings is 1. The fraction of sp³-hybridized carbons (Fsp3) is 0.227. The third-order valence-electron chi connectivity index (χ3n) is 4.68. The summed E-state index contributed by atoms with van der Waals surface area (Å²) in [5, 5.41) is 5.41. The average molecular weight is 401 g/mol. The van der Waals surface area contributed by atoms with Crippen molar-refractivity contribution in [1.82, 2.24) is 30.2 Å². The number of nitrogens with one attached hydrogen (secondary N) is 3. The summed E-state index contributed by atoms with van der Waals surface area (Å²) in [5.74, 6) is 1.30. The Morgan fingerprint density at radius 1 is 1.10 bits per heavy atom. The van der Waals surface area contributed by atoms with E-state index in [9.17, 15) is 4.79 Å². The zero-order chi connectivity index (χ0) is 21.1. The van der Waals surface area contributed by atoms with Crippen molar-refractivity contribution in [3.63, 3.8) is 0 Å². The molecule has 0 fully saturated rings. The minimum Gasteiger partial charge on any atom is -0.338 e. The molecular weight excluding hydrogens is 378 g/mol. The minimum absolute atomic E-state index is 0.317. The fourth-order valence-corrected chi connectivity index (χ4v) is 3.18. The number of carbonyl (C=O) groups is 1. The van der Waals surface area contributed by atoms with E-state index >= 15 is 0 Å². The molecule has 8 heteroatoms. The van der Waals surface area contributed by atoms with Crippen LogP contribution in [0.3, 0.4) is 0 Å². The van der Waals surface area contributed by atoms with Gasteiger partial charge >= 0.3 is 6.03 Å². The van der Waals surface area contributed by atoms with Crippen LogP contribution in [0, 0.1) is 0 Å². The van der Waals surface area contributed by atoms with E-state index in [0.717, 1.165) is 27.9 Å². The van der Waals surface area contributed by atoms with Crippen LogP contribution in [0.5, 0.6) is 0 Å². The summed E-state index contributed by atoms with van der Waals surface area (Å²) in [6, 6.07) is 9.52. The summed E-state index contributed by atoms with van der Waals surface area (Å²) in [5.41, 5.74) is 5.22. The second-order valence-corrected chi connectivity index (χ2v) is 7.19. The van der Waals surface area contributed by atoms with Gasteiger partial charge in [0.1, 0.15) is 0 Å². The van der Waals surface area contributed by atoms with E-state index in [-0.39, 0.29) is 6.03 Å². The second-order valence-electron chi connectivity index (χ2n) is 7.19. The first-order chi connectivity index (χ1) is 14.5. The number of anilines is 1. The van der Waals surface area contributed by atoms with E-state index in [1.165, 1.54) is 0 Å². The lowest BCUT2D eigenvalue weighted by atomic mass is 10.0. The zero-order valence-corrected chi connectivity index (χ0v) is 17.1. The van der Waals surface area contributed by atoms with E-state index < -0.39 is 0 Å². The zero-order valence-electron chi connectivity index (χ0n) is 17.1. The van der Waals surface area contributed by atoms with Gasteiger partial charge in [-0.3, -0.25) is 10.3 Å². The lowest BCUT2D eigenvalue weighted by molar-refractivity contribution is 0.252.